The van der Waals surface area contributed by atoms with Gasteiger partial charge < -0.3 is 9.26 Å². The van der Waals surface area contributed by atoms with Crippen LogP contribution in [0.4, 0.5) is 10.3 Å². The molecule has 0 radical (unpaired) electrons. The van der Waals surface area contributed by atoms with Crippen LogP contribution in [0.3, 0.4) is 0 Å². The molecule has 0 saturated carbocycles. The predicted molar refractivity (Wildman–Crippen MR) is 90.8 cm³/mol. The molecule has 1 atom stereocenters. The molecular weight excluding hydrogens is 325 g/mol. The molecule has 1 saturated heterocycles. The van der Waals surface area contributed by atoms with Gasteiger partial charge in [-0.2, -0.15) is 0 Å². The van der Waals surface area contributed by atoms with Crippen LogP contribution >= 0.6 is 0 Å². The van der Waals surface area contributed by atoms with Crippen molar-refractivity contribution in [1.29, 1.82) is 0 Å². The molecule has 1 fully saturated rings. The van der Waals surface area contributed by atoms with E-state index in [0.717, 1.165) is 11.3 Å². The van der Waals surface area contributed by atoms with Gasteiger partial charge in [-0.25, -0.2) is 4.39 Å². The highest BCUT2D eigenvalue weighted by Crippen LogP contribution is 2.22. The van der Waals surface area contributed by atoms with Gasteiger partial charge >= 0.3 is 0 Å². The maximum atomic E-state index is 13.0. The van der Waals surface area contributed by atoms with Gasteiger partial charge in [-0.3, -0.25) is 15.0 Å². The van der Waals surface area contributed by atoms with E-state index in [9.17, 15) is 9.18 Å². The summed E-state index contributed by atoms with van der Waals surface area (Å²) in [6.45, 7) is 6.01. The van der Waals surface area contributed by atoms with Gasteiger partial charge in [0.05, 0.1) is 24.9 Å². The number of carbonyl (C=O) groups is 1. The first kappa shape index (κ1) is 17.6. The summed E-state index contributed by atoms with van der Waals surface area (Å²) < 4.78 is 23.9. The zero-order chi connectivity index (χ0) is 17.8. The molecule has 134 valence electrons. The molecule has 1 aliphatic rings. The van der Waals surface area contributed by atoms with Crippen molar-refractivity contribution in [3.8, 4) is 0 Å². The van der Waals surface area contributed by atoms with Crippen molar-refractivity contribution in [2.45, 2.75) is 25.9 Å². The number of nitrogens with one attached hydrogen (secondary N) is 1. The molecule has 1 amide bonds. The lowest BCUT2D eigenvalue weighted by Gasteiger charge is -2.32. The van der Waals surface area contributed by atoms with Crippen LogP contribution in [0.5, 0.6) is 0 Å². The van der Waals surface area contributed by atoms with Crippen LogP contribution in [-0.2, 0) is 9.53 Å². The fourth-order valence-electron chi connectivity index (χ4n) is 2.73. The van der Waals surface area contributed by atoms with E-state index in [2.05, 4.69) is 10.5 Å². The molecule has 2 heterocycles. The van der Waals surface area contributed by atoms with E-state index in [-0.39, 0.29) is 30.3 Å². The Morgan fingerprint density at radius 1 is 1.40 bits per heavy atom. The monoisotopic (exact) mass is 347 g/mol. The number of rotatable bonds is 5. The van der Waals surface area contributed by atoms with Crippen LogP contribution < -0.4 is 5.32 Å². The van der Waals surface area contributed by atoms with Gasteiger partial charge in [0.2, 0.25) is 11.8 Å². The molecule has 1 aromatic carbocycles. The molecule has 1 N–H and O–H groups in total. The van der Waals surface area contributed by atoms with E-state index < -0.39 is 0 Å². The van der Waals surface area contributed by atoms with Crippen molar-refractivity contribution in [2.24, 2.45) is 0 Å². The zero-order valence-corrected chi connectivity index (χ0v) is 14.4. The molecule has 7 heteroatoms. The first-order valence-electron chi connectivity index (χ1n) is 8.37. The maximum absolute atomic E-state index is 13.0. The van der Waals surface area contributed by atoms with Crippen molar-refractivity contribution in [3.05, 3.63) is 47.4 Å². The summed E-state index contributed by atoms with van der Waals surface area (Å²) >= 11 is 0. The summed E-state index contributed by atoms with van der Waals surface area (Å²) in [5, 5.41) is 6.65. The standard InChI is InChI=1S/C18H22FN3O3/c1-12(2)15-9-18(25-21-15)20-17(23)11-22-7-8-24-16(10-22)13-3-5-14(19)6-4-13/h3-6,9,12,16H,7-8,10-11H2,1-2H3,(H,20,23)/t16-/m1/s1. The molecule has 25 heavy (non-hydrogen) atoms. The number of ether oxygens (including phenoxy) is 1. The lowest BCUT2D eigenvalue weighted by Crippen LogP contribution is -2.42. The van der Waals surface area contributed by atoms with E-state index in [1.807, 2.05) is 18.7 Å². The van der Waals surface area contributed by atoms with E-state index in [4.69, 9.17) is 9.26 Å². The van der Waals surface area contributed by atoms with Gasteiger partial charge in [-0.1, -0.05) is 31.1 Å². The summed E-state index contributed by atoms with van der Waals surface area (Å²) in [7, 11) is 0. The van der Waals surface area contributed by atoms with Gasteiger partial charge in [0, 0.05) is 19.2 Å². The number of aromatic nitrogens is 1. The fourth-order valence-corrected chi connectivity index (χ4v) is 2.73. The van der Waals surface area contributed by atoms with Crippen molar-refractivity contribution in [1.82, 2.24) is 10.1 Å². The summed E-state index contributed by atoms with van der Waals surface area (Å²) in [4.78, 5) is 14.2. The molecular formula is C18H22FN3O3. The van der Waals surface area contributed by atoms with Crippen molar-refractivity contribution in [2.75, 3.05) is 31.6 Å². The number of anilines is 1. The molecule has 3 rings (SSSR count). The largest absolute Gasteiger partial charge is 0.371 e. The average Bonchev–Trinajstić information content (AvgIpc) is 3.04. The van der Waals surface area contributed by atoms with E-state index in [1.165, 1.54) is 12.1 Å². The van der Waals surface area contributed by atoms with Crippen molar-refractivity contribution < 1.29 is 18.4 Å². The van der Waals surface area contributed by atoms with Gasteiger partial charge in [-0.05, 0) is 23.6 Å². The Hall–Kier alpha value is -2.25. The van der Waals surface area contributed by atoms with E-state index >= 15 is 0 Å². The molecule has 1 aliphatic heterocycles. The third-order valence-corrected chi connectivity index (χ3v) is 4.14. The highest BCUT2D eigenvalue weighted by molar-refractivity contribution is 5.91. The maximum Gasteiger partial charge on any atom is 0.240 e. The molecule has 2 aromatic rings. The quantitative estimate of drug-likeness (QED) is 0.901. The molecule has 0 aliphatic carbocycles. The number of nitrogens with zero attached hydrogens (tertiary/aromatic N) is 2. The number of amides is 1. The normalized spacial score (nSPS) is 18.5. The number of hydrogen-bond acceptors (Lipinski definition) is 5. The van der Waals surface area contributed by atoms with Gasteiger partial charge in [-0.15, -0.1) is 0 Å². The Balaban J connectivity index is 1.54. The fraction of sp³-hybridized carbons (Fsp3) is 0.444. The Bertz CT molecular complexity index is 715. The van der Waals surface area contributed by atoms with Gasteiger partial charge in [0.15, 0.2) is 0 Å². The smallest absolute Gasteiger partial charge is 0.240 e. The third kappa shape index (κ3) is 4.64. The SMILES string of the molecule is CC(C)c1cc(NC(=O)CN2CCO[C@@H](c3ccc(F)cc3)C2)on1. The lowest BCUT2D eigenvalue weighted by molar-refractivity contribution is -0.119. The minimum Gasteiger partial charge on any atom is -0.371 e. The molecule has 0 bridgehead atoms. The number of morpholine rings is 1. The number of hydrogen-bond donors (Lipinski definition) is 1. The zero-order valence-electron chi connectivity index (χ0n) is 14.4. The molecule has 0 spiro atoms. The summed E-state index contributed by atoms with van der Waals surface area (Å²) in [5.41, 5.74) is 1.71. The first-order valence-corrected chi connectivity index (χ1v) is 8.37. The van der Waals surface area contributed by atoms with Crippen LogP contribution in [0.15, 0.2) is 34.9 Å². The van der Waals surface area contributed by atoms with Crippen LogP contribution in [-0.4, -0.2) is 42.2 Å². The molecule has 0 unspecified atom stereocenters. The second-order valence-electron chi connectivity index (χ2n) is 6.47. The first-order chi connectivity index (χ1) is 12.0. The average molecular weight is 347 g/mol. The van der Waals surface area contributed by atoms with Gasteiger partial charge in [0.25, 0.3) is 0 Å². The molecule has 1 aromatic heterocycles. The Kier molecular flexibility index (Phi) is 5.45. The number of halogens is 1. The van der Waals surface area contributed by atoms with Crippen molar-refractivity contribution >= 4 is 11.8 Å². The minimum absolute atomic E-state index is 0.161. The minimum atomic E-state index is -0.274. The number of benzene rings is 1. The second-order valence-corrected chi connectivity index (χ2v) is 6.47. The Labute approximate surface area is 145 Å². The molecule has 6 nitrogen and oxygen atoms in total. The van der Waals surface area contributed by atoms with Crippen LogP contribution in [0.2, 0.25) is 0 Å². The highest BCUT2D eigenvalue weighted by atomic mass is 19.1. The van der Waals surface area contributed by atoms with Crippen molar-refractivity contribution in [3.63, 3.8) is 0 Å². The topological polar surface area (TPSA) is 67.6 Å². The van der Waals surface area contributed by atoms with Gasteiger partial charge in [0.1, 0.15) is 5.82 Å². The number of carbonyl (C=O) groups excluding carboxylic acids is 1. The van der Waals surface area contributed by atoms with Crippen LogP contribution in [0.25, 0.3) is 0 Å². The van der Waals surface area contributed by atoms with E-state index in [0.29, 0.717) is 25.6 Å². The third-order valence-electron chi connectivity index (χ3n) is 4.14. The van der Waals surface area contributed by atoms with E-state index in [1.54, 1.807) is 18.2 Å². The van der Waals surface area contributed by atoms with Crippen LogP contribution in [0, 0.1) is 5.82 Å². The Morgan fingerprint density at radius 2 is 2.16 bits per heavy atom. The summed E-state index contributed by atoms with van der Waals surface area (Å²) in [6, 6.07) is 8.00. The highest BCUT2D eigenvalue weighted by Gasteiger charge is 2.24. The van der Waals surface area contributed by atoms with Crippen LogP contribution in [0.1, 0.15) is 37.1 Å². The lowest BCUT2D eigenvalue weighted by atomic mass is 10.1. The summed E-state index contributed by atoms with van der Waals surface area (Å²) in [6.07, 6.45) is -0.167. The Morgan fingerprint density at radius 3 is 2.84 bits per heavy atom. The predicted octanol–water partition coefficient (Wildman–Crippen LogP) is 2.95. The second kappa shape index (κ2) is 7.76. The summed E-state index contributed by atoms with van der Waals surface area (Å²) in [5.74, 6) is 0.164.